The Morgan fingerprint density at radius 2 is 1.57 bits per heavy atom. The van der Waals surface area contributed by atoms with Gasteiger partial charge in [-0.15, -0.1) is 0 Å². The van der Waals surface area contributed by atoms with E-state index in [1.165, 1.54) is 57.8 Å². The molecular formula is C31H42N2O2. The second-order valence-corrected chi connectivity index (χ2v) is 11.7. The molecule has 0 saturated heterocycles. The van der Waals surface area contributed by atoms with Crippen LogP contribution >= 0.6 is 0 Å². The van der Waals surface area contributed by atoms with Crippen LogP contribution in [0.15, 0.2) is 12.1 Å². The number of carbonyl (C=O) groups excluding carboxylic acids is 1. The van der Waals surface area contributed by atoms with Crippen LogP contribution in [0.4, 0.5) is 0 Å². The molecule has 0 heterocycles. The van der Waals surface area contributed by atoms with Crippen molar-refractivity contribution in [1.82, 2.24) is 0 Å². The number of hydrogen-bond donors (Lipinski definition) is 0. The van der Waals surface area contributed by atoms with E-state index in [1.807, 2.05) is 6.07 Å². The molecule has 2 bridgehead atoms. The van der Waals surface area contributed by atoms with E-state index in [1.54, 1.807) is 6.07 Å². The van der Waals surface area contributed by atoms with Gasteiger partial charge in [-0.05, 0) is 99.0 Å². The summed E-state index contributed by atoms with van der Waals surface area (Å²) in [6.07, 6.45) is 18.4. The summed E-state index contributed by atoms with van der Waals surface area (Å²) in [5.41, 5.74) is 2.17. The topological polar surface area (TPSA) is 73.9 Å². The fourth-order valence-corrected chi connectivity index (χ4v) is 7.47. The summed E-state index contributed by atoms with van der Waals surface area (Å²) in [4.78, 5) is 13.0. The van der Waals surface area contributed by atoms with Crippen LogP contribution in [0.25, 0.3) is 0 Å². The number of rotatable bonds is 9. The molecule has 0 unspecified atom stereocenters. The zero-order valence-electron chi connectivity index (χ0n) is 21.8. The van der Waals surface area contributed by atoms with Crippen LogP contribution in [0, 0.1) is 39.9 Å². The van der Waals surface area contributed by atoms with Crippen molar-refractivity contribution in [2.24, 2.45) is 17.3 Å². The highest BCUT2D eigenvalue weighted by Crippen LogP contribution is 2.60. The van der Waals surface area contributed by atoms with Crippen LogP contribution < -0.4 is 4.74 Å². The molecule has 35 heavy (non-hydrogen) atoms. The van der Waals surface area contributed by atoms with Crippen molar-refractivity contribution in [3.63, 3.8) is 0 Å². The predicted molar refractivity (Wildman–Crippen MR) is 138 cm³/mol. The average molecular weight is 475 g/mol. The van der Waals surface area contributed by atoms with Crippen LogP contribution in [-0.4, -0.2) is 5.97 Å². The standard InChI is InChI=1S/C31H42N2O2/c1-3-5-6-7-23-8-10-24(11-9-23)29(34)35-28-13-12-27(25(21-32)26(28)22-33)31-18-15-30(14-4-2,16-19-31)17-20-31/h12-13,23-24H,3-11,14-20H2,1-2H3/t23-,24-,30?,31?. The first-order valence-corrected chi connectivity index (χ1v) is 14.2. The molecule has 4 aliphatic rings. The van der Waals surface area contributed by atoms with Gasteiger partial charge < -0.3 is 4.74 Å². The zero-order chi connectivity index (χ0) is 24.9. The molecule has 0 radical (unpaired) electrons. The van der Waals surface area contributed by atoms with Gasteiger partial charge in [0.15, 0.2) is 0 Å². The Bertz CT molecular complexity index is 966. The first kappa shape index (κ1) is 25.8. The van der Waals surface area contributed by atoms with Gasteiger partial charge in [-0.2, -0.15) is 10.5 Å². The van der Waals surface area contributed by atoms with Crippen molar-refractivity contribution < 1.29 is 9.53 Å². The third-order valence-corrected chi connectivity index (χ3v) is 9.75. The van der Waals surface area contributed by atoms with Gasteiger partial charge in [0.25, 0.3) is 0 Å². The second-order valence-electron chi connectivity index (χ2n) is 11.7. The van der Waals surface area contributed by atoms with Crippen molar-refractivity contribution in [2.45, 2.75) is 122 Å². The molecule has 0 spiro atoms. The molecule has 5 rings (SSSR count). The molecule has 4 saturated carbocycles. The molecule has 188 valence electrons. The summed E-state index contributed by atoms with van der Waals surface area (Å²) in [6, 6.07) is 8.34. The number of benzene rings is 1. The lowest BCUT2D eigenvalue weighted by Crippen LogP contribution is -2.44. The monoisotopic (exact) mass is 474 g/mol. The number of esters is 1. The lowest BCUT2D eigenvalue weighted by molar-refractivity contribution is -0.140. The van der Waals surface area contributed by atoms with Gasteiger partial charge in [0.2, 0.25) is 0 Å². The van der Waals surface area contributed by atoms with Crippen LogP contribution in [0.1, 0.15) is 133 Å². The molecule has 1 aromatic rings. The summed E-state index contributed by atoms with van der Waals surface area (Å²) in [6.45, 7) is 4.51. The lowest BCUT2D eigenvalue weighted by atomic mass is 9.50. The Kier molecular flexibility index (Phi) is 8.21. The van der Waals surface area contributed by atoms with Crippen LogP contribution in [-0.2, 0) is 10.2 Å². The summed E-state index contributed by atoms with van der Waals surface area (Å²) in [7, 11) is 0. The first-order valence-electron chi connectivity index (χ1n) is 14.2. The number of unbranched alkanes of at least 4 members (excludes halogenated alkanes) is 2. The zero-order valence-corrected chi connectivity index (χ0v) is 21.8. The van der Waals surface area contributed by atoms with Crippen molar-refractivity contribution in [2.75, 3.05) is 0 Å². The van der Waals surface area contributed by atoms with E-state index in [2.05, 4.69) is 26.0 Å². The maximum absolute atomic E-state index is 13.0. The number of fused-ring (bicyclic) bond motifs is 3. The van der Waals surface area contributed by atoms with Gasteiger partial charge in [0.1, 0.15) is 23.5 Å². The van der Waals surface area contributed by atoms with Crippen LogP contribution in [0.2, 0.25) is 0 Å². The van der Waals surface area contributed by atoms with E-state index in [-0.39, 0.29) is 28.6 Å². The third-order valence-electron chi connectivity index (χ3n) is 9.75. The van der Waals surface area contributed by atoms with E-state index >= 15 is 0 Å². The number of hydrogen-bond acceptors (Lipinski definition) is 4. The van der Waals surface area contributed by atoms with Gasteiger partial charge in [-0.25, -0.2) is 0 Å². The highest BCUT2D eigenvalue weighted by molar-refractivity contribution is 5.76. The Morgan fingerprint density at radius 1 is 0.914 bits per heavy atom. The molecule has 4 heteroatoms. The molecule has 4 fully saturated rings. The van der Waals surface area contributed by atoms with Crippen molar-refractivity contribution in [3.8, 4) is 17.9 Å². The molecule has 0 N–H and O–H groups in total. The summed E-state index contributed by atoms with van der Waals surface area (Å²) < 4.78 is 5.81. The van der Waals surface area contributed by atoms with Crippen molar-refractivity contribution >= 4 is 5.97 Å². The molecule has 4 aliphatic carbocycles. The van der Waals surface area contributed by atoms with Gasteiger partial charge in [-0.1, -0.05) is 52.0 Å². The van der Waals surface area contributed by atoms with Gasteiger partial charge in [0.05, 0.1) is 11.5 Å². The molecule has 0 aliphatic heterocycles. The maximum atomic E-state index is 13.0. The minimum atomic E-state index is -0.233. The Morgan fingerprint density at radius 3 is 2.14 bits per heavy atom. The van der Waals surface area contributed by atoms with E-state index in [0.717, 1.165) is 56.4 Å². The minimum absolute atomic E-state index is 0.00908. The molecule has 0 aromatic heterocycles. The lowest BCUT2D eigenvalue weighted by Gasteiger charge is -2.54. The predicted octanol–water partition coefficient (Wildman–Crippen LogP) is 8.11. The van der Waals surface area contributed by atoms with Crippen molar-refractivity contribution in [3.05, 3.63) is 28.8 Å². The fraction of sp³-hybridized carbons (Fsp3) is 0.710. The van der Waals surface area contributed by atoms with Gasteiger partial charge in [0, 0.05) is 0 Å². The quantitative estimate of drug-likeness (QED) is 0.206. The highest BCUT2D eigenvalue weighted by atomic mass is 16.5. The fourth-order valence-electron chi connectivity index (χ4n) is 7.47. The largest absolute Gasteiger partial charge is 0.425 e. The average Bonchev–Trinajstić information content (AvgIpc) is 2.90. The Balaban J connectivity index is 1.46. The minimum Gasteiger partial charge on any atom is -0.425 e. The maximum Gasteiger partial charge on any atom is 0.314 e. The third kappa shape index (κ3) is 5.28. The van der Waals surface area contributed by atoms with Crippen LogP contribution in [0.3, 0.4) is 0 Å². The smallest absolute Gasteiger partial charge is 0.314 e. The molecule has 0 amide bonds. The Labute approximate surface area is 212 Å². The second kappa shape index (κ2) is 11.2. The van der Waals surface area contributed by atoms with E-state index in [0.29, 0.717) is 11.0 Å². The molecule has 0 atom stereocenters. The van der Waals surface area contributed by atoms with Gasteiger partial charge in [-0.3, -0.25) is 4.79 Å². The highest BCUT2D eigenvalue weighted by Gasteiger charge is 2.49. The van der Waals surface area contributed by atoms with Crippen molar-refractivity contribution in [1.29, 1.82) is 10.5 Å². The molecule has 1 aromatic carbocycles. The summed E-state index contributed by atoms with van der Waals surface area (Å²) >= 11 is 0. The number of nitrogens with zero attached hydrogens (tertiary/aromatic N) is 2. The number of nitriles is 2. The number of carbonyl (C=O) groups is 1. The van der Waals surface area contributed by atoms with Crippen LogP contribution in [0.5, 0.6) is 5.75 Å². The Hall–Kier alpha value is -2.33. The summed E-state index contributed by atoms with van der Waals surface area (Å²) in [5.74, 6) is 0.663. The van der Waals surface area contributed by atoms with Gasteiger partial charge >= 0.3 is 5.97 Å². The normalized spacial score (nSPS) is 29.8. The first-order chi connectivity index (χ1) is 17.0. The molecular weight excluding hydrogens is 432 g/mol. The van der Waals surface area contributed by atoms with E-state index < -0.39 is 0 Å². The SMILES string of the molecule is CCCCC[C@H]1CC[C@H](C(=O)Oc2ccc(C34CCC(CCC)(CC3)CC4)c(C#N)c2C#N)CC1. The van der Waals surface area contributed by atoms with E-state index in [4.69, 9.17) is 4.74 Å². The number of ether oxygens (including phenoxy) is 1. The van der Waals surface area contributed by atoms with E-state index in [9.17, 15) is 15.3 Å². The molecule has 4 nitrogen and oxygen atoms in total. The summed E-state index contributed by atoms with van der Waals surface area (Å²) in [5, 5.41) is 20.1.